The van der Waals surface area contributed by atoms with E-state index in [0.29, 0.717) is 0 Å². The van der Waals surface area contributed by atoms with Crippen LogP contribution in [0.25, 0.3) is 16.9 Å². The van der Waals surface area contributed by atoms with Crippen molar-refractivity contribution in [1.82, 2.24) is 14.8 Å². The highest BCUT2D eigenvalue weighted by molar-refractivity contribution is 6.30. The molecule has 0 radical (unpaired) electrons. The SMILES string of the molecule is Cc1ccc(Cl)cc1-n1nc(-c2cccnc2)c2c1NCCCC2. The molecule has 1 N–H and O–H groups in total. The molecular weight excluding hydrogens is 320 g/mol. The van der Waals surface area contributed by atoms with Crippen molar-refractivity contribution in [2.75, 3.05) is 11.9 Å². The molecule has 3 heterocycles. The van der Waals surface area contributed by atoms with Gasteiger partial charge in [0.15, 0.2) is 0 Å². The van der Waals surface area contributed by atoms with Crippen molar-refractivity contribution >= 4 is 17.4 Å². The van der Waals surface area contributed by atoms with E-state index in [1.165, 1.54) is 5.56 Å². The third kappa shape index (κ3) is 2.67. The van der Waals surface area contributed by atoms with Gasteiger partial charge in [0.2, 0.25) is 0 Å². The summed E-state index contributed by atoms with van der Waals surface area (Å²) in [6, 6.07) is 9.94. The predicted molar refractivity (Wildman–Crippen MR) is 98.0 cm³/mol. The van der Waals surface area contributed by atoms with Gasteiger partial charge in [0, 0.05) is 35.1 Å². The second-order valence-corrected chi connectivity index (χ2v) is 6.58. The van der Waals surface area contributed by atoms with Crippen LogP contribution in [0, 0.1) is 6.92 Å². The van der Waals surface area contributed by atoms with Crippen LogP contribution in [0.4, 0.5) is 5.82 Å². The number of benzene rings is 1. The first-order valence-electron chi connectivity index (χ1n) is 8.27. The summed E-state index contributed by atoms with van der Waals surface area (Å²) in [7, 11) is 0. The molecule has 0 aliphatic carbocycles. The van der Waals surface area contributed by atoms with Crippen molar-refractivity contribution in [3.05, 3.63) is 58.9 Å². The number of nitrogens with zero attached hydrogens (tertiary/aromatic N) is 3. The Kier molecular flexibility index (Phi) is 3.98. The van der Waals surface area contributed by atoms with Crippen LogP contribution < -0.4 is 5.32 Å². The molecule has 3 aromatic rings. The minimum absolute atomic E-state index is 0.719. The molecule has 0 amide bonds. The molecule has 122 valence electrons. The summed E-state index contributed by atoms with van der Waals surface area (Å²) in [6.45, 7) is 3.05. The van der Waals surface area contributed by atoms with Crippen molar-refractivity contribution in [2.24, 2.45) is 0 Å². The van der Waals surface area contributed by atoms with Crippen LogP contribution in [0.5, 0.6) is 0 Å². The molecule has 24 heavy (non-hydrogen) atoms. The summed E-state index contributed by atoms with van der Waals surface area (Å²) in [5.74, 6) is 1.08. The van der Waals surface area contributed by atoms with Gasteiger partial charge in [-0.2, -0.15) is 5.10 Å². The Morgan fingerprint density at radius 1 is 1.21 bits per heavy atom. The number of nitrogens with one attached hydrogen (secondary N) is 1. The van der Waals surface area contributed by atoms with E-state index < -0.39 is 0 Å². The molecule has 0 saturated carbocycles. The molecular formula is C19H19ClN4. The van der Waals surface area contributed by atoms with Crippen molar-refractivity contribution in [3.63, 3.8) is 0 Å². The number of rotatable bonds is 2. The summed E-state index contributed by atoms with van der Waals surface area (Å²) in [5, 5.41) is 9.22. The molecule has 1 aliphatic rings. The third-order valence-electron chi connectivity index (χ3n) is 4.46. The fourth-order valence-corrected chi connectivity index (χ4v) is 3.39. The fourth-order valence-electron chi connectivity index (χ4n) is 3.22. The second kappa shape index (κ2) is 6.29. The molecule has 0 spiro atoms. The summed E-state index contributed by atoms with van der Waals surface area (Å²) in [5.41, 5.74) is 5.49. The fraction of sp³-hybridized carbons (Fsp3) is 0.263. The predicted octanol–water partition coefficient (Wildman–Crippen LogP) is 4.64. The van der Waals surface area contributed by atoms with E-state index in [1.54, 1.807) is 6.20 Å². The summed E-state index contributed by atoms with van der Waals surface area (Å²) < 4.78 is 2.00. The highest BCUT2D eigenvalue weighted by Crippen LogP contribution is 2.34. The smallest absolute Gasteiger partial charge is 0.133 e. The Labute approximate surface area is 146 Å². The average molecular weight is 339 g/mol. The van der Waals surface area contributed by atoms with E-state index in [-0.39, 0.29) is 0 Å². The van der Waals surface area contributed by atoms with E-state index in [1.807, 2.05) is 35.1 Å². The lowest BCUT2D eigenvalue weighted by molar-refractivity contribution is 0.779. The largest absolute Gasteiger partial charge is 0.370 e. The first kappa shape index (κ1) is 15.2. The number of hydrogen-bond acceptors (Lipinski definition) is 3. The van der Waals surface area contributed by atoms with Crippen LogP contribution in [-0.2, 0) is 6.42 Å². The first-order valence-corrected chi connectivity index (χ1v) is 8.64. The minimum atomic E-state index is 0.719. The van der Waals surface area contributed by atoms with Gasteiger partial charge in [0.25, 0.3) is 0 Å². The minimum Gasteiger partial charge on any atom is -0.370 e. The first-order chi connectivity index (χ1) is 11.7. The number of anilines is 1. The van der Waals surface area contributed by atoms with Gasteiger partial charge in [0.1, 0.15) is 5.82 Å². The molecule has 0 atom stereocenters. The summed E-state index contributed by atoms with van der Waals surface area (Å²) in [6.07, 6.45) is 7.01. The van der Waals surface area contributed by atoms with Gasteiger partial charge in [-0.3, -0.25) is 4.98 Å². The quantitative estimate of drug-likeness (QED) is 0.740. The van der Waals surface area contributed by atoms with Gasteiger partial charge < -0.3 is 5.32 Å². The van der Waals surface area contributed by atoms with Crippen molar-refractivity contribution in [1.29, 1.82) is 0 Å². The Hall–Kier alpha value is -2.33. The van der Waals surface area contributed by atoms with Gasteiger partial charge in [-0.05, 0) is 56.0 Å². The lowest BCUT2D eigenvalue weighted by Gasteiger charge is -2.12. The van der Waals surface area contributed by atoms with E-state index >= 15 is 0 Å². The third-order valence-corrected chi connectivity index (χ3v) is 4.70. The highest BCUT2D eigenvalue weighted by Gasteiger charge is 2.22. The van der Waals surface area contributed by atoms with Gasteiger partial charge in [-0.25, -0.2) is 4.68 Å². The number of aromatic nitrogens is 3. The van der Waals surface area contributed by atoms with Gasteiger partial charge in [-0.15, -0.1) is 0 Å². The van der Waals surface area contributed by atoms with E-state index in [2.05, 4.69) is 23.3 Å². The van der Waals surface area contributed by atoms with Gasteiger partial charge in [0.05, 0.1) is 11.4 Å². The van der Waals surface area contributed by atoms with E-state index in [9.17, 15) is 0 Å². The average Bonchev–Trinajstić information content (AvgIpc) is 2.79. The second-order valence-electron chi connectivity index (χ2n) is 6.14. The molecule has 4 rings (SSSR count). The van der Waals surface area contributed by atoms with Crippen molar-refractivity contribution < 1.29 is 0 Å². The number of fused-ring (bicyclic) bond motifs is 1. The maximum absolute atomic E-state index is 6.23. The number of pyridine rings is 1. The number of hydrogen-bond donors (Lipinski definition) is 1. The van der Waals surface area contributed by atoms with Crippen LogP contribution in [0.1, 0.15) is 24.0 Å². The van der Waals surface area contributed by atoms with Gasteiger partial charge >= 0.3 is 0 Å². The molecule has 0 fully saturated rings. The molecule has 0 unspecified atom stereocenters. The van der Waals surface area contributed by atoms with E-state index in [4.69, 9.17) is 16.7 Å². The van der Waals surface area contributed by atoms with Crippen LogP contribution in [0.2, 0.25) is 5.02 Å². The summed E-state index contributed by atoms with van der Waals surface area (Å²) in [4.78, 5) is 4.26. The molecule has 5 heteroatoms. The van der Waals surface area contributed by atoms with Crippen LogP contribution in [-0.4, -0.2) is 21.3 Å². The zero-order chi connectivity index (χ0) is 16.5. The standard InChI is InChI=1S/C19H19ClN4/c1-13-7-8-15(20)11-17(13)24-19-16(6-2-3-10-22-19)18(23-24)14-5-4-9-21-12-14/h4-5,7-9,11-12,22H,2-3,6,10H2,1H3. The molecule has 0 bridgehead atoms. The van der Waals surface area contributed by atoms with Crippen molar-refractivity contribution in [2.45, 2.75) is 26.2 Å². The number of aryl methyl sites for hydroxylation is 1. The van der Waals surface area contributed by atoms with Crippen molar-refractivity contribution in [3.8, 4) is 16.9 Å². The Balaban J connectivity index is 1.95. The zero-order valence-electron chi connectivity index (χ0n) is 13.6. The highest BCUT2D eigenvalue weighted by atomic mass is 35.5. The van der Waals surface area contributed by atoms with Gasteiger partial charge in [-0.1, -0.05) is 17.7 Å². The molecule has 4 nitrogen and oxygen atoms in total. The normalized spacial score (nSPS) is 13.9. The van der Waals surface area contributed by atoms with Crippen LogP contribution in [0.15, 0.2) is 42.7 Å². The molecule has 0 saturated heterocycles. The Morgan fingerprint density at radius 3 is 2.96 bits per heavy atom. The van der Waals surface area contributed by atoms with E-state index in [0.717, 1.165) is 59.2 Å². The lowest BCUT2D eigenvalue weighted by Crippen LogP contribution is -2.08. The zero-order valence-corrected chi connectivity index (χ0v) is 14.3. The lowest BCUT2D eigenvalue weighted by atomic mass is 10.1. The monoisotopic (exact) mass is 338 g/mol. The van der Waals surface area contributed by atoms with Crippen LogP contribution in [0.3, 0.4) is 0 Å². The van der Waals surface area contributed by atoms with Crippen LogP contribution >= 0.6 is 11.6 Å². The molecule has 1 aliphatic heterocycles. The molecule has 1 aromatic carbocycles. The topological polar surface area (TPSA) is 42.7 Å². The number of halogens is 1. The maximum Gasteiger partial charge on any atom is 0.133 e. The summed E-state index contributed by atoms with van der Waals surface area (Å²) >= 11 is 6.23. The molecule has 2 aromatic heterocycles. The Morgan fingerprint density at radius 2 is 2.12 bits per heavy atom. The maximum atomic E-state index is 6.23. The Bertz CT molecular complexity index is 871.